The molecule has 2 aromatic rings. The Hall–Kier alpha value is -1.95. The number of nitrogens with one attached hydrogen (secondary N) is 2. The fourth-order valence-electron chi connectivity index (χ4n) is 3.23. The zero-order chi connectivity index (χ0) is 21.7. The molecule has 1 fully saturated rings. The highest BCUT2D eigenvalue weighted by Gasteiger charge is 2.33. The summed E-state index contributed by atoms with van der Waals surface area (Å²) in [6.07, 6.45) is -2.91. The summed E-state index contributed by atoms with van der Waals surface area (Å²) in [5.74, 6) is 1.16. The molecule has 1 aromatic heterocycles. The molecule has 3 rings (SSSR count). The normalized spacial score (nSPS) is 16.7. The molecular weight excluding hydrogens is 546 g/mol. The van der Waals surface area contributed by atoms with Crippen LogP contribution in [0.25, 0.3) is 0 Å². The number of nitrogens with zero attached hydrogens (tertiary/aromatic N) is 3. The molecule has 0 aliphatic carbocycles. The summed E-state index contributed by atoms with van der Waals surface area (Å²) in [6, 6.07) is 7.84. The lowest BCUT2D eigenvalue weighted by Gasteiger charge is -2.21. The number of anilines is 1. The van der Waals surface area contributed by atoms with E-state index in [1.165, 1.54) is 0 Å². The first-order valence-corrected chi connectivity index (χ1v) is 9.94. The van der Waals surface area contributed by atoms with E-state index in [0.29, 0.717) is 38.0 Å². The lowest BCUT2D eigenvalue weighted by atomic mass is 10.2. The summed E-state index contributed by atoms with van der Waals surface area (Å²) in [5, 5.41) is 16.1. The van der Waals surface area contributed by atoms with Gasteiger partial charge in [-0.25, -0.2) is 9.98 Å². The zero-order valence-corrected chi connectivity index (χ0v) is 19.9. The Labute approximate surface area is 200 Å². The molecule has 1 aromatic carbocycles. The fraction of sp³-hybridized carbons (Fsp3) is 0.400. The number of alkyl halides is 3. The molecule has 3 N–H and O–H groups in total. The first-order valence-electron chi connectivity index (χ1n) is 9.56. The van der Waals surface area contributed by atoms with Crippen molar-refractivity contribution in [2.24, 2.45) is 4.99 Å². The van der Waals surface area contributed by atoms with E-state index < -0.39 is 11.7 Å². The van der Waals surface area contributed by atoms with E-state index in [1.807, 2.05) is 17.9 Å². The van der Waals surface area contributed by atoms with Crippen molar-refractivity contribution in [3.05, 3.63) is 52.7 Å². The van der Waals surface area contributed by atoms with Gasteiger partial charge in [-0.1, -0.05) is 23.7 Å². The number of hydrogen-bond donors (Lipinski definition) is 3. The molecule has 0 spiro atoms. The Bertz CT molecular complexity index is 913. The van der Waals surface area contributed by atoms with Crippen molar-refractivity contribution >= 4 is 47.4 Å². The molecule has 170 valence electrons. The van der Waals surface area contributed by atoms with Gasteiger partial charge in [-0.15, -0.1) is 24.0 Å². The largest absolute Gasteiger partial charge is 0.508 e. The molecule has 1 saturated heterocycles. The first kappa shape index (κ1) is 25.3. The zero-order valence-electron chi connectivity index (χ0n) is 16.8. The highest BCUT2D eigenvalue weighted by Crippen LogP contribution is 2.34. The number of phenols is 1. The number of aromatic nitrogens is 1. The van der Waals surface area contributed by atoms with Gasteiger partial charge in [-0.3, -0.25) is 0 Å². The molecule has 1 unspecified atom stereocenters. The van der Waals surface area contributed by atoms with Gasteiger partial charge in [0.25, 0.3) is 0 Å². The first-order chi connectivity index (χ1) is 14.3. The maximum absolute atomic E-state index is 12.8. The van der Waals surface area contributed by atoms with E-state index in [4.69, 9.17) is 11.6 Å². The molecule has 0 amide bonds. The smallest absolute Gasteiger partial charge is 0.417 e. The maximum atomic E-state index is 12.8. The van der Waals surface area contributed by atoms with Gasteiger partial charge in [0, 0.05) is 31.9 Å². The molecular formula is C20H24ClF3IN5O. The third-order valence-corrected chi connectivity index (χ3v) is 4.93. The van der Waals surface area contributed by atoms with Crippen LogP contribution in [0, 0.1) is 0 Å². The number of halogens is 5. The maximum Gasteiger partial charge on any atom is 0.417 e. The van der Waals surface area contributed by atoms with E-state index in [0.717, 1.165) is 24.2 Å². The van der Waals surface area contributed by atoms with Crippen molar-refractivity contribution in [1.82, 2.24) is 15.6 Å². The molecule has 11 heteroatoms. The van der Waals surface area contributed by atoms with Crippen molar-refractivity contribution in [2.45, 2.75) is 32.1 Å². The van der Waals surface area contributed by atoms with Gasteiger partial charge in [-0.05, 0) is 37.1 Å². The minimum Gasteiger partial charge on any atom is -0.508 e. The van der Waals surface area contributed by atoms with Gasteiger partial charge in [0.15, 0.2) is 5.96 Å². The van der Waals surface area contributed by atoms with Crippen LogP contribution in [0.1, 0.15) is 24.5 Å². The van der Waals surface area contributed by atoms with Crippen LogP contribution in [0.5, 0.6) is 5.75 Å². The van der Waals surface area contributed by atoms with Crippen LogP contribution in [0.15, 0.2) is 41.5 Å². The summed E-state index contributed by atoms with van der Waals surface area (Å²) in [4.78, 5) is 10.3. The molecule has 2 heterocycles. The standard InChI is InChI=1S/C20H23ClF3N5O.HI/c1-2-25-19(27-10-13-4-3-5-16(30)8-13)28-15-6-7-29(12-15)18-17(21)9-14(11-26-18)20(22,23)24;/h3-5,8-9,11,15,30H,2,6-7,10,12H2,1H3,(H2,25,27,28);1H. The minimum absolute atomic E-state index is 0. The van der Waals surface area contributed by atoms with Crippen molar-refractivity contribution in [3.8, 4) is 5.75 Å². The highest BCUT2D eigenvalue weighted by atomic mass is 127. The van der Waals surface area contributed by atoms with Gasteiger partial charge >= 0.3 is 6.18 Å². The van der Waals surface area contributed by atoms with E-state index in [9.17, 15) is 18.3 Å². The number of guanidine groups is 1. The Morgan fingerprint density at radius 2 is 2.13 bits per heavy atom. The Morgan fingerprint density at radius 1 is 1.35 bits per heavy atom. The van der Waals surface area contributed by atoms with Crippen molar-refractivity contribution in [3.63, 3.8) is 0 Å². The number of pyridine rings is 1. The van der Waals surface area contributed by atoms with Gasteiger partial charge in [0.05, 0.1) is 17.1 Å². The average Bonchev–Trinajstić information content (AvgIpc) is 3.14. The predicted molar refractivity (Wildman–Crippen MR) is 126 cm³/mol. The minimum atomic E-state index is -4.48. The van der Waals surface area contributed by atoms with Crippen LogP contribution in [0.2, 0.25) is 5.02 Å². The highest BCUT2D eigenvalue weighted by molar-refractivity contribution is 14.0. The van der Waals surface area contributed by atoms with E-state index in [2.05, 4.69) is 20.6 Å². The van der Waals surface area contributed by atoms with Crippen molar-refractivity contribution in [2.75, 3.05) is 24.5 Å². The summed E-state index contributed by atoms with van der Waals surface area (Å²) < 4.78 is 38.4. The number of phenolic OH excluding ortho intramolecular Hbond substituents is 1. The van der Waals surface area contributed by atoms with Gasteiger partial charge in [0.2, 0.25) is 0 Å². The molecule has 31 heavy (non-hydrogen) atoms. The molecule has 6 nitrogen and oxygen atoms in total. The number of rotatable bonds is 5. The lowest BCUT2D eigenvalue weighted by Crippen LogP contribution is -2.44. The molecule has 0 saturated carbocycles. The summed E-state index contributed by atoms with van der Waals surface area (Å²) >= 11 is 6.07. The van der Waals surface area contributed by atoms with E-state index in [-0.39, 0.29) is 40.8 Å². The number of aromatic hydroxyl groups is 1. The molecule has 0 bridgehead atoms. The number of hydrogen-bond acceptors (Lipinski definition) is 4. The van der Waals surface area contributed by atoms with Crippen LogP contribution in [-0.2, 0) is 12.7 Å². The Kier molecular flexibility index (Phi) is 9.04. The van der Waals surface area contributed by atoms with E-state index >= 15 is 0 Å². The Balaban J connectivity index is 0.00000341. The van der Waals surface area contributed by atoms with Crippen molar-refractivity contribution in [1.29, 1.82) is 0 Å². The fourth-order valence-corrected chi connectivity index (χ4v) is 3.51. The van der Waals surface area contributed by atoms with Crippen LogP contribution >= 0.6 is 35.6 Å². The van der Waals surface area contributed by atoms with Crippen molar-refractivity contribution < 1.29 is 18.3 Å². The monoisotopic (exact) mass is 569 g/mol. The number of benzene rings is 1. The van der Waals surface area contributed by atoms with Crippen LogP contribution in [-0.4, -0.2) is 41.7 Å². The second-order valence-electron chi connectivity index (χ2n) is 6.97. The molecule has 1 aliphatic rings. The van der Waals surface area contributed by atoms with Crippen LogP contribution in [0.4, 0.5) is 19.0 Å². The number of aliphatic imine (C=N–C) groups is 1. The second-order valence-corrected chi connectivity index (χ2v) is 7.38. The third kappa shape index (κ3) is 7.03. The Morgan fingerprint density at radius 3 is 2.77 bits per heavy atom. The van der Waals surface area contributed by atoms with Crippen LogP contribution in [0.3, 0.4) is 0 Å². The topological polar surface area (TPSA) is 72.8 Å². The molecule has 1 atom stereocenters. The van der Waals surface area contributed by atoms with Crippen LogP contribution < -0.4 is 15.5 Å². The average molecular weight is 570 g/mol. The lowest BCUT2D eigenvalue weighted by molar-refractivity contribution is -0.137. The third-order valence-electron chi connectivity index (χ3n) is 4.65. The quantitative estimate of drug-likeness (QED) is 0.283. The predicted octanol–water partition coefficient (Wildman–Crippen LogP) is 4.41. The summed E-state index contributed by atoms with van der Waals surface area (Å²) in [7, 11) is 0. The second kappa shape index (κ2) is 11.1. The van der Waals surface area contributed by atoms with Gasteiger partial charge < -0.3 is 20.6 Å². The molecule has 1 aliphatic heterocycles. The van der Waals surface area contributed by atoms with E-state index in [1.54, 1.807) is 18.2 Å². The molecule has 0 radical (unpaired) electrons. The summed E-state index contributed by atoms with van der Waals surface area (Å²) in [6.45, 7) is 4.18. The summed E-state index contributed by atoms with van der Waals surface area (Å²) in [5.41, 5.74) is 0.0135. The van der Waals surface area contributed by atoms with Gasteiger partial charge in [0.1, 0.15) is 11.6 Å². The SMILES string of the molecule is CCNC(=NCc1cccc(O)c1)NC1CCN(c2ncc(C(F)(F)F)cc2Cl)C1.I. The van der Waals surface area contributed by atoms with Gasteiger partial charge in [-0.2, -0.15) is 13.2 Å².